The monoisotopic (exact) mass is 352 g/mol. The molecular weight excluding hydrogens is 343 g/mol. The van der Waals surface area contributed by atoms with E-state index in [1.54, 1.807) is 19.9 Å². The zero-order valence-corrected chi connectivity index (χ0v) is 12.0. The van der Waals surface area contributed by atoms with Crippen LogP contribution in [0.15, 0.2) is 18.2 Å². The first-order valence-electron chi connectivity index (χ1n) is 4.70. The summed E-state index contributed by atoms with van der Waals surface area (Å²) >= 11 is 6.56. The summed E-state index contributed by atoms with van der Waals surface area (Å²) in [6, 6.07) is 4.02. The number of hydrogen-bond donors (Lipinski definition) is 0. The maximum Gasteiger partial charge on any atom is 0.338 e. The van der Waals surface area contributed by atoms with Gasteiger partial charge < -0.3 is 4.74 Å². The van der Waals surface area contributed by atoms with Crippen molar-refractivity contribution in [1.82, 2.24) is 0 Å². The highest BCUT2D eigenvalue weighted by molar-refractivity contribution is 9.24. The van der Waals surface area contributed by atoms with Crippen molar-refractivity contribution in [3.05, 3.63) is 35.1 Å². The highest BCUT2D eigenvalue weighted by atomic mass is 79.9. The Morgan fingerprint density at radius 3 is 2.50 bits per heavy atom. The molecule has 1 aromatic carbocycles. The first-order chi connectivity index (χ1) is 7.41. The lowest BCUT2D eigenvalue weighted by molar-refractivity contribution is 0.0376. The van der Waals surface area contributed by atoms with Gasteiger partial charge in [-0.25, -0.2) is 9.18 Å². The first kappa shape index (κ1) is 13.6. The summed E-state index contributed by atoms with van der Waals surface area (Å²) in [5.41, 5.74) is 0.875. The Kier molecular flexibility index (Phi) is 4.92. The molecule has 0 aliphatic rings. The van der Waals surface area contributed by atoms with Crippen LogP contribution < -0.4 is 0 Å². The van der Waals surface area contributed by atoms with Crippen LogP contribution in [-0.2, 0) is 4.74 Å². The average molecular weight is 354 g/mol. The van der Waals surface area contributed by atoms with Gasteiger partial charge in [-0.3, -0.25) is 0 Å². The van der Waals surface area contributed by atoms with Crippen LogP contribution in [0.4, 0.5) is 4.39 Å². The predicted octanol–water partition coefficient (Wildman–Crippen LogP) is 4.18. The Morgan fingerprint density at radius 1 is 1.38 bits per heavy atom. The summed E-state index contributed by atoms with van der Waals surface area (Å²) in [4.78, 5) is 11.7. The molecule has 1 rings (SSSR count). The molecule has 16 heavy (non-hydrogen) atoms. The zero-order valence-electron chi connectivity index (χ0n) is 8.84. The molecule has 0 aromatic heterocycles. The van der Waals surface area contributed by atoms with Crippen LogP contribution in [0.2, 0.25) is 0 Å². The van der Waals surface area contributed by atoms with Gasteiger partial charge in [-0.15, -0.1) is 0 Å². The molecule has 0 bridgehead atoms. The molecule has 0 atom stereocenters. The summed E-state index contributed by atoms with van der Waals surface area (Å²) in [7, 11) is 0. The molecule has 0 spiro atoms. The van der Waals surface area contributed by atoms with Gasteiger partial charge in [0.1, 0.15) is 5.82 Å². The number of carbonyl (C=O) groups excluding carboxylic acids is 1. The maximum atomic E-state index is 13.1. The molecule has 0 saturated carbocycles. The van der Waals surface area contributed by atoms with E-state index < -0.39 is 11.8 Å². The van der Waals surface area contributed by atoms with Gasteiger partial charge in [0.25, 0.3) is 0 Å². The molecule has 0 amide bonds. The third-order valence-electron chi connectivity index (χ3n) is 1.81. The quantitative estimate of drug-likeness (QED) is 0.602. The van der Waals surface area contributed by atoms with E-state index in [2.05, 4.69) is 31.9 Å². The van der Waals surface area contributed by atoms with Crippen molar-refractivity contribution in [3.63, 3.8) is 0 Å². The second kappa shape index (κ2) is 5.77. The van der Waals surface area contributed by atoms with E-state index in [1.807, 2.05) is 0 Å². The molecule has 0 aliphatic heterocycles. The lowest BCUT2D eigenvalue weighted by atomic mass is 10.1. The fourth-order valence-corrected chi connectivity index (χ4v) is 1.97. The van der Waals surface area contributed by atoms with Crippen LogP contribution in [0.1, 0.15) is 33.5 Å². The number of alkyl halides is 2. The number of carbonyl (C=O) groups is 1. The number of benzene rings is 1. The predicted molar refractivity (Wildman–Crippen MR) is 67.5 cm³/mol. The summed E-state index contributed by atoms with van der Waals surface area (Å²) < 4.78 is 17.9. The van der Waals surface area contributed by atoms with Gasteiger partial charge in [-0.05, 0) is 31.5 Å². The highest BCUT2D eigenvalue weighted by Gasteiger charge is 2.18. The van der Waals surface area contributed by atoms with Gasteiger partial charge in [-0.1, -0.05) is 37.9 Å². The van der Waals surface area contributed by atoms with Gasteiger partial charge in [0.15, 0.2) is 0 Å². The van der Waals surface area contributed by atoms with E-state index in [-0.39, 0.29) is 15.4 Å². The Labute approximate surface area is 110 Å². The van der Waals surface area contributed by atoms with E-state index in [9.17, 15) is 9.18 Å². The van der Waals surface area contributed by atoms with Crippen molar-refractivity contribution in [3.8, 4) is 0 Å². The zero-order chi connectivity index (χ0) is 12.3. The summed E-state index contributed by atoms with van der Waals surface area (Å²) in [6.07, 6.45) is -0.229. The number of ether oxygens (including phenoxy) is 1. The second-order valence-electron chi connectivity index (χ2n) is 3.49. The molecule has 1 aromatic rings. The van der Waals surface area contributed by atoms with Crippen LogP contribution in [0.25, 0.3) is 0 Å². The van der Waals surface area contributed by atoms with Crippen molar-refractivity contribution in [2.75, 3.05) is 0 Å². The summed E-state index contributed by atoms with van der Waals surface area (Å²) in [5.74, 6) is -0.978. The molecule has 0 unspecified atom stereocenters. The molecule has 0 radical (unpaired) electrons. The van der Waals surface area contributed by atoms with Gasteiger partial charge in [-0.2, -0.15) is 0 Å². The number of halogens is 3. The van der Waals surface area contributed by atoms with Crippen LogP contribution >= 0.6 is 31.9 Å². The number of hydrogen-bond acceptors (Lipinski definition) is 2. The van der Waals surface area contributed by atoms with Gasteiger partial charge in [0, 0.05) is 0 Å². The fourth-order valence-electron chi connectivity index (χ4n) is 1.17. The largest absolute Gasteiger partial charge is 0.459 e. The lowest BCUT2D eigenvalue weighted by Gasteiger charge is -2.12. The van der Waals surface area contributed by atoms with E-state index in [0.717, 1.165) is 0 Å². The molecule has 88 valence electrons. The maximum absolute atomic E-state index is 13.1. The van der Waals surface area contributed by atoms with Crippen molar-refractivity contribution >= 4 is 37.8 Å². The molecule has 5 heteroatoms. The van der Waals surface area contributed by atoms with Gasteiger partial charge in [0.05, 0.1) is 15.4 Å². The second-order valence-corrected chi connectivity index (χ2v) is 6.55. The van der Waals surface area contributed by atoms with Crippen LogP contribution in [-0.4, -0.2) is 12.1 Å². The topological polar surface area (TPSA) is 26.3 Å². The number of esters is 1. The van der Waals surface area contributed by atoms with Crippen molar-refractivity contribution in [2.45, 2.75) is 23.7 Å². The Morgan fingerprint density at radius 2 is 2.00 bits per heavy atom. The Bertz CT molecular complexity index is 392. The van der Waals surface area contributed by atoms with Crippen molar-refractivity contribution in [1.29, 1.82) is 0 Å². The standard InChI is InChI=1S/C11H11Br2FO2/c1-6(2)16-11(15)9-5-7(14)3-4-8(9)10(12)13/h3-6,10H,1-2H3. The Hall–Kier alpha value is -0.420. The lowest BCUT2D eigenvalue weighted by Crippen LogP contribution is -2.13. The SMILES string of the molecule is CC(C)OC(=O)c1cc(F)ccc1C(Br)Br. The normalized spacial score (nSPS) is 10.9. The molecule has 0 fully saturated rings. The molecule has 0 N–H and O–H groups in total. The highest BCUT2D eigenvalue weighted by Crippen LogP contribution is 2.32. The van der Waals surface area contributed by atoms with E-state index in [0.29, 0.717) is 5.56 Å². The van der Waals surface area contributed by atoms with Crippen LogP contribution in [0.3, 0.4) is 0 Å². The third kappa shape index (κ3) is 3.56. The van der Waals surface area contributed by atoms with Gasteiger partial charge in [0.2, 0.25) is 0 Å². The third-order valence-corrected chi connectivity index (χ3v) is 2.80. The van der Waals surface area contributed by atoms with E-state index >= 15 is 0 Å². The smallest absolute Gasteiger partial charge is 0.338 e. The first-order valence-corrected chi connectivity index (χ1v) is 6.53. The molecule has 2 nitrogen and oxygen atoms in total. The summed E-state index contributed by atoms with van der Waals surface area (Å²) in [5, 5.41) is 0. The minimum atomic E-state index is -0.520. The van der Waals surface area contributed by atoms with E-state index in [4.69, 9.17) is 4.74 Å². The number of rotatable bonds is 3. The van der Waals surface area contributed by atoms with Crippen molar-refractivity contribution in [2.24, 2.45) is 0 Å². The van der Waals surface area contributed by atoms with Crippen LogP contribution in [0.5, 0.6) is 0 Å². The molecule has 0 heterocycles. The molecular formula is C11H11Br2FO2. The molecule has 0 saturated heterocycles. The van der Waals surface area contributed by atoms with Crippen LogP contribution in [0, 0.1) is 5.82 Å². The van der Waals surface area contributed by atoms with Crippen molar-refractivity contribution < 1.29 is 13.9 Å². The minimum Gasteiger partial charge on any atom is -0.459 e. The van der Waals surface area contributed by atoms with Gasteiger partial charge >= 0.3 is 5.97 Å². The minimum absolute atomic E-state index is 0.213. The Balaban J connectivity index is 3.09. The average Bonchev–Trinajstić information content (AvgIpc) is 2.15. The summed E-state index contributed by atoms with van der Waals surface area (Å²) in [6.45, 7) is 3.49. The molecule has 0 aliphatic carbocycles. The van der Waals surface area contributed by atoms with E-state index in [1.165, 1.54) is 12.1 Å². The fraction of sp³-hybridized carbons (Fsp3) is 0.364.